The van der Waals surface area contributed by atoms with Crippen LogP contribution in [0.2, 0.25) is 0 Å². The summed E-state index contributed by atoms with van der Waals surface area (Å²) in [6, 6.07) is 4.44. The molecule has 0 spiro atoms. The summed E-state index contributed by atoms with van der Waals surface area (Å²) in [7, 11) is 0. The lowest BCUT2D eigenvalue weighted by molar-refractivity contribution is 0.229. The van der Waals surface area contributed by atoms with Crippen molar-refractivity contribution in [3.05, 3.63) is 29.7 Å². The van der Waals surface area contributed by atoms with E-state index in [-0.39, 0.29) is 6.61 Å². The summed E-state index contributed by atoms with van der Waals surface area (Å²) in [6.45, 7) is 5.28. The summed E-state index contributed by atoms with van der Waals surface area (Å²) in [6.07, 6.45) is 8.28. The van der Waals surface area contributed by atoms with E-state index in [0.29, 0.717) is 17.9 Å². The molecule has 5 rings (SSSR count). The minimum Gasteiger partial charge on any atom is -0.454 e. The molecule has 0 bridgehead atoms. The number of nitrogens with zero attached hydrogens (tertiary/aromatic N) is 3. The molecule has 0 unspecified atom stereocenters. The molecule has 3 heterocycles. The lowest BCUT2D eigenvalue weighted by atomic mass is 10.1. The van der Waals surface area contributed by atoms with Crippen LogP contribution in [-0.4, -0.2) is 39.3 Å². The van der Waals surface area contributed by atoms with Crippen LogP contribution in [0.15, 0.2) is 22.7 Å². The Labute approximate surface area is 182 Å². The van der Waals surface area contributed by atoms with Gasteiger partial charge in [-0.3, -0.25) is 4.98 Å². The van der Waals surface area contributed by atoms with Crippen molar-refractivity contribution in [2.45, 2.75) is 58.4 Å². The van der Waals surface area contributed by atoms with Crippen LogP contribution in [-0.2, 0) is 6.42 Å². The quantitative estimate of drug-likeness (QED) is 0.491. The number of fused-ring (bicyclic) bond motifs is 1. The van der Waals surface area contributed by atoms with Gasteiger partial charge in [-0.05, 0) is 69.4 Å². The first kappa shape index (κ1) is 20.2. The van der Waals surface area contributed by atoms with Crippen LogP contribution in [0.3, 0.4) is 0 Å². The first-order valence-electron chi connectivity index (χ1n) is 11.5. The van der Waals surface area contributed by atoms with E-state index in [1.165, 1.54) is 12.8 Å². The predicted molar refractivity (Wildman–Crippen MR) is 122 cm³/mol. The largest absolute Gasteiger partial charge is 0.454 e. The average molecular weight is 422 g/mol. The zero-order chi connectivity index (χ0) is 21.4. The maximum absolute atomic E-state index is 9.54. The third kappa shape index (κ3) is 4.37. The molecule has 0 radical (unpaired) electrons. The number of furan rings is 1. The number of anilines is 2. The molecule has 0 amide bonds. The highest BCUT2D eigenvalue weighted by molar-refractivity contribution is 5.86. The van der Waals surface area contributed by atoms with Gasteiger partial charge in [0.05, 0.1) is 17.5 Å². The molecule has 2 aliphatic carbocycles. The molecule has 2 atom stereocenters. The minimum absolute atomic E-state index is 0.248. The first-order valence-corrected chi connectivity index (χ1v) is 11.5. The van der Waals surface area contributed by atoms with E-state index < -0.39 is 0 Å². The Morgan fingerprint density at radius 2 is 1.97 bits per heavy atom. The summed E-state index contributed by atoms with van der Waals surface area (Å²) in [5, 5.41) is 17.6. The zero-order valence-corrected chi connectivity index (χ0v) is 18.3. The van der Waals surface area contributed by atoms with Gasteiger partial charge in [-0.1, -0.05) is 6.92 Å². The SMILES string of the molecule is CCc1cc2cc(-c3c(C)nc(NCC4CC4)nc3N[C@H]3CC[C@@H](CO)C3)oc2cn1. The third-order valence-corrected chi connectivity index (χ3v) is 6.55. The van der Waals surface area contributed by atoms with Crippen molar-refractivity contribution in [1.29, 1.82) is 0 Å². The highest BCUT2D eigenvalue weighted by Crippen LogP contribution is 2.37. The standard InChI is InChI=1S/C24H31N5O2/c1-3-18-9-17-10-20(31-21(17)12-25-18)22-14(2)27-24(26-11-15-4-5-15)29-23(22)28-19-7-6-16(8-19)13-30/h9-10,12,15-16,19,30H,3-8,11,13H2,1-2H3,(H2,26,27,28,29)/t16-,19+/m1/s1. The number of aliphatic hydroxyl groups is 1. The van der Waals surface area contributed by atoms with Gasteiger partial charge in [0.1, 0.15) is 11.6 Å². The number of hydrogen-bond acceptors (Lipinski definition) is 7. The number of pyridine rings is 1. The number of nitrogens with one attached hydrogen (secondary N) is 2. The summed E-state index contributed by atoms with van der Waals surface area (Å²) >= 11 is 0. The molecule has 31 heavy (non-hydrogen) atoms. The van der Waals surface area contributed by atoms with E-state index in [1.807, 2.05) is 6.92 Å². The van der Waals surface area contributed by atoms with Crippen molar-refractivity contribution in [2.75, 3.05) is 23.8 Å². The molecule has 7 nitrogen and oxygen atoms in total. The summed E-state index contributed by atoms with van der Waals surface area (Å²) in [5.74, 6) is 3.34. The summed E-state index contributed by atoms with van der Waals surface area (Å²) < 4.78 is 6.19. The van der Waals surface area contributed by atoms with Crippen LogP contribution in [0, 0.1) is 18.8 Å². The normalized spacial score (nSPS) is 21.0. The number of rotatable bonds is 8. The molecular weight excluding hydrogens is 390 g/mol. The molecule has 7 heteroatoms. The lowest BCUT2D eigenvalue weighted by Crippen LogP contribution is -2.19. The fraction of sp³-hybridized carbons (Fsp3) is 0.542. The number of aromatic nitrogens is 3. The molecule has 0 aliphatic heterocycles. The molecule has 0 saturated heterocycles. The highest BCUT2D eigenvalue weighted by atomic mass is 16.3. The molecule has 3 aromatic heterocycles. The highest BCUT2D eigenvalue weighted by Gasteiger charge is 2.27. The van der Waals surface area contributed by atoms with Gasteiger partial charge in [0.15, 0.2) is 5.58 Å². The Hall–Kier alpha value is -2.67. The number of aliphatic hydroxyl groups excluding tert-OH is 1. The van der Waals surface area contributed by atoms with E-state index in [0.717, 1.165) is 77.6 Å². The Bertz CT molecular complexity index is 1080. The first-order chi connectivity index (χ1) is 15.1. The van der Waals surface area contributed by atoms with Crippen molar-refractivity contribution < 1.29 is 9.52 Å². The molecule has 164 valence electrons. The monoisotopic (exact) mass is 421 g/mol. The molecule has 3 aromatic rings. The maximum atomic E-state index is 9.54. The van der Waals surface area contributed by atoms with Crippen LogP contribution >= 0.6 is 0 Å². The second-order valence-electron chi connectivity index (χ2n) is 9.06. The van der Waals surface area contributed by atoms with E-state index in [9.17, 15) is 5.11 Å². The third-order valence-electron chi connectivity index (χ3n) is 6.55. The van der Waals surface area contributed by atoms with Gasteiger partial charge in [-0.25, -0.2) is 4.98 Å². The van der Waals surface area contributed by atoms with Crippen molar-refractivity contribution in [2.24, 2.45) is 11.8 Å². The molecule has 0 aromatic carbocycles. The number of aryl methyl sites for hydroxylation is 2. The van der Waals surface area contributed by atoms with Crippen LogP contribution in [0.5, 0.6) is 0 Å². The summed E-state index contributed by atoms with van der Waals surface area (Å²) in [5.41, 5.74) is 3.61. The second-order valence-corrected chi connectivity index (χ2v) is 9.06. The van der Waals surface area contributed by atoms with Crippen molar-refractivity contribution in [1.82, 2.24) is 15.0 Å². The van der Waals surface area contributed by atoms with Gasteiger partial charge in [-0.2, -0.15) is 4.98 Å². The van der Waals surface area contributed by atoms with Crippen LogP contribution in [0.1, 0.15) is 50.4 Å². The topological polar surface area (TPSA) is 96.1 Å². The van der Waals surface area contributed by atoms with Crippen molar-refractivity contribution >= 4 is 22.7 Å². The van der Waals surface area contributed by atoms with Crippen molar-refractivity contribution in [3.63, 3.8) is 0 Å². The molecule has 2 aliphatic rings. The van der Waals surface area contributed by atoms with Gasteiger partial charge in [0.2, 0.25) is 5.95 Å². The molecule has 2 saturated carbocycles. The Morgan fingerprint density at radius 3 is 2.71 bits per heavy atom. The van der Waals surface area contributed by atoms with Gasteiger partial charge in [-0.15, -0.1) is 0 Å². The maximum Gasteiger partial charge on any atom is 0.224 e. The van der Waals surface area contributed by atoms with Gasteiger partial charge >= 0.3 is 0 Å². The van der Waals surface area contributed by atoms with Gasteiger partial charge < -0.3 is 20.2 Å². The van der Waals surface area contributed by atoms with E-state index in [2.05, 4.69) is 34.7 Å². The second kappa shape index (κ2) is 8.46. The van der Waals surface area contributed by atoms with Gasteiger partial charge in [0, 0.05) is 30.3 Å². The summed E-state index contributed by atoms with van der Waals surface area (Å²) in [4.78, 5) is 14.1. The van der Waals surface area contributed by atoms with Crippen LogP contribution < -0.4 is 10.6 Å². The van der Waals surface area contributed by atoms with Crippen LogP contribution in [0.4, 0.5) is 11.8 Å². The van der Waals surface area contributed by atoms with Crippen LogP contribution in [0.25, 0.3) is 22.3 Å². The fourth-order valence-corrected chi connectivity index (χ4v) is 4.48. The fourth-order valence-electron chi connectivity index (χ4n) is 4.48. The van der Waals surface area contributed by atoms with E-state index in [4.69, 9.17) is 14.4 Å². The molecular formula is C24H31N5O2. The molecule has 2 fully saturated rings. The Morgan fingerprint density at radius 1 is 1.13 bits per heavy atom. The average Bonchev–Trinajstić information content (AvgIpc) is 3.33. The Kier molecular flexibility index (Phi) is 5.52. The predicted octanol–water partition coefficient (Wildman–Crippen LogP) is 4.55. The molecule has 3 N–H and O–H groups in total. The van der Waals surface area contributed by atoms with E-state index in [1.54, 1.807) is 6.20 Å². The zero-order valence-electron chi connectivity index (χ0n) is 18.3. The van der Waals surface area contributed by atoms with E-state index >= 15 is 0 Å². The smallest absolute Gasteiger partial charge is 0.224 e. The minimum atomic E-state index is 0.248. The van der Waals surface area contributed by atoms with Crippen molar-refractivity contribution in [3.8, 4) is 11.3 Å². The Balaban J connectivity index is 1.51. The lowest BCUT2D eigenvalue weighted by Gasteiger charge is -2.18. The number of hydrogen-bond donors (Lipinski definition) is 3. The van der Waals surface area contributed by atoms with Gasteiger partial charge in [0.25, 0.3) is 0 Å².